The molecule has 9 nitrogen and oxygen atoms in total. The average molecular weight is 321 g/mol. The minimum Gasteiger partial charge on any atom is -0.387 e. The van der Waals surface area contributed by atoms with Gasteiger partial charge in [-0.3, -0.25) is 4.57 Å². The fourth-order valence-electron chi connectivity index (χ4n) is 3.26. The molecule has 0 spiro atoms. The Labute approximate surface area is 132 Å². The van der Waals surface area contributed by atoms with Gasteiger partial charge in [-0.15, -0.1) is 0 Å². The van der Waals surface area contributed by atoms with E-state index in [1.165, 1.54) is 6.33 Å². The van der Waals surface area contributed by atoms with Crippen LogP contribution in [-0.2, 0) is 9.47 Å². The quantitative estimate of drug-likeness (QED) is 0.650. The molecule has 0 amide bonds. The van der Waals surface area contributed by atoms with Crippen molar-refractivity contribution in [1.29, 1.82) is 0 Å². The lowest BCUT2D eigenvalue weighted by Crippen LogP contribution is -2.35. The van der Waals surface area contributed by atoms with Crippen molar-refractivity contribution in [2.45, 2.75) is 36.9 Å². The number of fused-ring (bicyclic) bond motifs is 1. The summed E-state index contributed by atoms with van der Waals surface area (Å²) in [5, 5.41) is 20.2. The highest BCUT2D eigenvalue weighted by atomic mass is 16.6. The Morgan fingerprint density at radius 1 is 1.26 bits per heavy atom. The number of nitrogens with two attached hydrogens (primary N) is 1. The standard InChI is InChI=1S/C14H19N5O4/c15-3-8-11(20)12(21)14(23-8)19-6-18-10-9(7-1-2-22-4-7)16-5-17-13(10)19/h5-8,11-12,14,20-21H,1-4,15H2/t7?,8-,11+,12+,14-/m1/s1. The molecule has 23 heavy (non-hydrogen) atoms. The molecule has 9 heteroatoms. The van der Waals surface area contributed by atoms with Crippen molar-refractivity contribution in [2.75, 3.05) is 19.8 Å². The van der Waals surface area contributed by atoms with Gasteiger partial charge in [0.05, 0.1) is 18.6 Å². The lowest BCUT2D eigenvalue weighted by Gasteiger charge is -2.16. The fourth-order valence-corrected chi connectivity index (χ4v) is 3.26. The third-order valence-corrected chi connectivity index (χ3v) is 4.55. The van der Waals surface area contributed by atoms with Gasteiger partial charge in [0.2, 0.25) is 0 Å². The van der Waals surface area contributed by atoms with E-state index in [-0.39, 0.29) is 12.5 Å². The number of ether oxygens (including phenoxy) is 2. The van der Waals surface area contributed by atoms with Gasteiger partial charge in [-0.05, 0) is 6.42 Å². The summed E-state index contributed by atoms with van der Waals surface area (Å²) in [4.78, 5) is 13.0. The molecular formula is C14H19N5O4. The average Bonchev–Trinajstić information content (AvgIpc) is 3.28. The molecule has 0 aromatic carbocycles. The van der Waals surface area contributed by atoms with E-state index in [0.717, 1.165) is 12.1 Å². The lowest BCUT2D eigenvalue weighted by molar-refractivity contribution is -0.0322. The van der Waals surface area contributed by atoms with Crippen LogP contribution in [0.25, 0.3) is 11.2 Å². The fraction of sp³-hybridized carbons (Fsp3) is 0.643. The van der Waals surface area contributed by atoms with Crippen LogP contribution in [0.1, 0.15) is 24.3 Å². The largest absolute Gasteiger partial charge is 0.387 e. The molecule has 2 aromatic rings. The van der Waals surface area contributed by atoms with Crippen LogP contribution in [0, 0.1) is 0 Å². The van der Waals surface area contributed by atoms with Gasteiger partial charge in [-0.25, -0.2) is 15.0 Å². The highest BCUT2D eigenvalue weighted by molar-refractivity contribution is 5.74. The van der Waals surface area contributed by atoms with Crippen LogP contribution in [-0.4, -0.2) is 67.8 Å². The van der Waals surface area contributed by atoms with Gasteiger partial charge in [0, 0.05) is 19.1 Å². The topological polar surface area (TPSA) is 129 Å². The number of hydrogen-bond donors (Lipinski definition) is 3. The Hall–Kier alpha value is -1.65. The molecule has 4 N–H and O–H groups in total. The van der Waals surface area contributed by atoms with E-state index < -0.39 is 24.5 Å². The Morgan fingerprint density at radius 2 is 2.13 bits per heavy atom. The molecule has 2 aromatic heterocycles. The van der Waals surface area contributed by atoms with Crippen LogP contribution in [0.5, 0.6) is 0 Å². The maximum atomic E-state index is 10.2. The Balaban J connectivity index is 1.73. The second-order valence-electron chi connectivity index (χ2n) is 5.93. The predicted octanol–water partition coefficient (Wildman–Crippen LogP) is -1.09. The monoisotopic (exact) mass is 321 g/mol. The number of aromatic nitrogens is 4. The molecule has 1 unspecified atom stereocenters. The first-order valence-electron chi connectivity index (χ1n) is 7.67. The zero-order chi connectivity index (χ0) is 16.0. The highest BCUT2D eigenvalue weighted by Crippen LogP contribution is 2.33. The number of rotatable bonds is 3. The van der Waals surface area contributed by atoms with Crippen LogP contribution in [0.3, 0.4) is 0 Å². The van der Waals surface area contributed by atoms with E-state index in [1.807, 2.05) is 0 Å². The molecular weight excluding hydrogens is 302 g/mol. The first-order chi connectivity index (χ1) is 11.2. The molecule has 0 aliphatic carbocycles. The highest BCUT2D eigenvalue weighted by Gasteiger charge is 2.43. The second-order valence-corrected chi connectivity index (χ2v) is 5.93. The summed E-state index contributed by atoms with van der Waals surface area (Å²) in [7, 11) is 0. The Morgan fingerprint density at radius 3 is 2.83 bits per heavy atom. The summed E-state index contributed by atoms with van der Waals surface area (Å²) in [6.45, 7) is 1.46. The molecule has 2 aliphatic rings. The van der Waals surface area contributed by atoms with Gasteiger partial charge in [0.25, 0.3) is 0 Å². The van der Waals surface area contributed by atoms with Gasteiger partial charge in [0.1, 0.15) is 30.2 Å². The van der Waals surface area contributed by atoms with E-state index in [0.29, 0.717) is 24.4 Å². The molecule has 4 rings (SSSR count). The van der Waals surface area contributed by atoms with E-state index in [9.17, 15) is 10.2 Å². The maximum absolute atomic E-state index is 10.2. The summed E-state index contributed by atoms with van der Waals surface area (Å²) in [5.41, 5.74) is 7.64. The van der Waals surface area contributed by atoms with Gasteiger partial charge in [-0.1, -0.05) is 0 Å². The smallest absolute Gasteiger partial charge is 0.165 e. The first-order valence-corrected chi connectivity index (χ1v) is 7.67. The van der Waals surface area contributed by atoms with Crippen LogP contribution < -0.4 is 5.73 Å². The summed E-state index contributed by atoms with van der Waals surface area (Å²) in [5.74, 6) is 0.195. The SMILES string of the molecule is NC[C@H]1O[C@@H](n2cnc3c(C4CCOC4)ncnc32)[C@@H](O)[C@H]1O. The first kappa shape index (κ1) is 14.9. The van der Waals surface area contributed by atoms with Crippen molar-refractivity contribution in [3.8, 4) is 0 Å². The summed E-state index contributed by atoms with van der Waals surface area (Å²) >= 11 is 0. The van der Waals surface area contributed by atoms with Gasteiger partial charge < -0.3 is 25.4 Å². The second kappa shape index (κ2) is 5.77. The van der Waals surface area contributed by atoms with Gasteiger partial charge >= 0.3 is 0 Å². The summed E-state index contributed by atoms with van der Waals surface area (Å²) in [6.07, 6.45) is 0.421. The molecule has 124 valence electrons. The van der Waals surface area contributed by atoms with Gasteiger partial charge in [-0.2, -0.15) is 0 Å². The molecule has 0 bridgehead atoms. The third kappa shape index (κ3) is 2.32. The zero-order valence-electron chi connectivity index (χ0n) is 12.4. The zero-order valence-corrected chi connectivity index (χ0v) is 12.4. The molecule has 5 atom stereocenters. The van der Waals surface area contributed by atoms with E-state index >= 15 is 0 Å². The van der Waals surface area contributed by atoms with E-state index in [4.69, 9.17) is 15.2 Å². The summed E-state index contributed by atoms with van der Waals surface area (Å²) in [6, 6.07) is 0. The van der Waals surface area contributed by atoms with Gasteiger partial charge in [0.15, 0.2) is 11.9 Å². The summed E-state index contributed by atoms with van der Waals surface area (Å²) < 4.78 is 12.7. The third-order valence-electron chi connectivity index (χ3n) is 4.55. The van der Waals surface area contributed by atoms with Crippen molar-refractivity contribution >= 4 is 11.2 Å². The molecule has 2 aliphatic heterocycles. The van der Waals surface area contributed by atoms with Crippen LogP contribution >= 0.6 is 0 Å². The van der Waals surface area contributed by atoms with E-state index in [1.54, 1.807) is 10.9 Å². The van der Waals surface area contributed by atoms with Crippen LogP contribution in [0.4, 0.5) is 0 Å². The molecule has 2 fully saturated rings. The van der Waals surface area contributed by atoms with Crippen LogP contribution in [0.2, 0.25) is 0 Å². The number of nitrogens with zero attached hydrogens (tertiary/aromatic N) is 4. The molecule has 2 saturated heterocycles. The molecule has 0 radical (unpaired) electrons. The lowest BCUT2D eigenvalue weighted by atomic mass is 10.0. The molecule has 4 heterocycles. The van der Waals surface area contributed by atoms with Crippen LogP contribution in [0.15, 0.2) is 12.7 Å². The molecule has 0 saturated carbocycles. The number of aliphatic hydroxyl groups excluding tert-OH is 2. The predicted molar refractivity (Wildman–Crippen MR) is 78.5 cm³/mol. The Bertz CT molecular complexity index is 702. The maximum Gasteiger partial charge on any atom is 0.165 e. The minimum absolute atomic E-state index is 0.126. The Kier molecular flexibility index (Phi) is 3.74. The minimum atomic E-state index is -1.09. The van der Waals surface area contributed by atoms with Crippen molar-refractivity contribution in [3.05, 3.63) is 18.3 Å². The number of aliphatic hydroxyl groups is 2. The number of imidazole rings is 1. The van der Waals surface area contributed by atoms with Crippen molar-refractivity contribution in [1.82, 2.24) is 19.5 Å². The normalized spacial score (nSPS) is 34.5. The van der Waals surface area contributed by atoms with Crippen molar-refractivity contribution in [3.63, 3.8) is 0 Å². The van der Waals surface area contributed by atoms with Crippen molar-refractivity contribution < 1.29 is 19.7 Å². The van der Waals surface area contributed by atoms with E-state index in [2.05, 4.69) is 15.0 Å². The van der Waals surface area contributed by atoms with Crippen molar-refractivity contribution in [2.24, 2.45) is 5.73 Å². The number of hydrogen-bond acceptors (Lipinski definition) is 8.